The minimum absolute atomic E-state index is 0.0566. The first kappa shape index (κ1) is 24.8. The lowest BCUT2D eigenvalue weighted by Crippen LogP contribution is -2.54. The Kier molecular flexibility index (Phi) is 12.0. The minimum atomic E-state index is -1.15. The number of hydrogen-bond acceptors (Lipinski definition) is 6. The van der Waals surface area contributed by atoms with E-state index in [2.05, 4.69) is 10.6 Å². The van der Waals surface area contributed by atoms with Crippen molar-refractivity contribution in [2.75, 3.05) is 6.54 Å². The van der Waals surface area contributed by atoms with Crippen LogP contribution in [0.3, 0.4) is 0 Å². The molecule has 0 unspecified atom stereocenters. The van der Waals surface area contributed by atoms with Gasteiger partial charge in [-0.25, -0.2) is 4.79 Å². The molecule has 0 spiro atoms. The summed E-state index contributed by atoms with van der Waals surface area (Å²) in [6, 6.07) is -3.10. The number of amides is 2. The van der Waals surface area contributed by atoms with Crippen molar-refractivity contribution in [3.8, 4) is 0 Å². The first-order chi connectivity index (χ1) is 12.6. The quantitative estimate of drug-likeness (QED) is 0.213. The number of carbonyl (C=O) groups is 4. The van der Waals surface area contributed by atoms with E-state index in [4.69, 9.17) is 16.6 Å². The Balaban J connectivity index is 4.98. The molecule has 3 atom stereocenters. The highest BCUT2D eigenvalue weighted by atomic mass is 16.4. The molecular weight excluding hydrogens is 356 g/mol. The molecule has 10 heteroatoms. The van der Waals surface area contributed by atoms with E-state index in [1.165, 1.54) is 0 Å². The summed E-state index contributed by atoms with van der Waals surface area (Å²) < 4.78 is 0. The van der Waals surface area contributed by atoms with Crippen molar-refractivity contribution in [3.63, 3.8) is 0 Å². The Morgan fingerprint density at radius 1 is 0.926 bits per heavy atom. The molecule has 0 aromatic rings. The second-order valence-corrected chi connectivity index (χ2v) is 6.91. The number of carboxylic acids is 2. The van der Waals surface area contributed by atoms with Gasteiger partial charge in [-0.05, 0) is 44.6 Å². The van der Waals surface area contributed by atoms with E-state index >= 15 is 0 Å². The lowest BCUT2D eigenvalue weighted by molar-refractivity contribution is -0.142. The highest BCUT2D eigenvalue weighted by molar-refractivity contribution is 5.91. The van der Waals surface area contributed by atoms with Crippen molar-refractivity contribution >= 4 is 23.8 Å². The molecule has 0 heterocycles. The monoisotopic (exact) mass is 388 g/mol. The fourth-order valence-electron chi connectivity index (χ4n) is 2.42. The standard InChI is InChI=1S/C17H32N4O6/c1-10(2)9-13(17(26)27)21-16(25)12(5-3-4-8-18)20-15(24)11(19)6-7-14(22)23/h10-13H,3-9,18-19H2,1-2H3,(H,20,24)(H,21,25)(H,22,23)(H,26,27)/t11-,12-,13-/m0/s1. The highest BCUT2D eigenvalue weighted by Gasteiger charge is 2.28. The molecule has 0 aromatic heterocycles. The van der Waals surface area contributed by atoms with E-state index in [-0.39, 0.29) is 31.6 Å². The molecule has 0 rings (SSSR count). The van der Waals surface area contributed by atoms with Crippen LogP contribution in [0.25, 0.3) is 0 Å². The Labute approximate surface area is 159 Å². The van der Waals surface area contributed by atoms with Gasteiger partial charge in [0.05, 0.1) is 6.04 Å². The van der Waals surface area contributed by atoms with Crippen molar-refractivity contribution in [2.45, 2.75) is 70.5 Å². The van der Waals surface area contributed by atoms with Gasteiger partial charge >= 0.3 is 11.9 Å². The molecule has 0 bridgehead atoms. The van der Waals surface area contributed by atoms with E-state index < -0.39 is 41.9 Å². The van der Waals surface area contributed by atoms with Crippen LogP contribution >= 0.6 is 0 Å². The van der Waals surface area contributed by atoms with Crippen LogP contribution in [0.15, 0.2) is 0 Å². The van der Waals surface area contributed by atoms with Crippen LogP contribution in [0.1, 0.15) is 52.4 Å². The van der Waals surface area contributed by atoms with Crippen molar-refractivity contribution in [2.24, 2.45) is 17.4 Å². The summed E-state index contributed by atoms with van der Waals surface area (Å²) in [5.74, 6) is -3.43. The summed E-state index contributed by atoms with van der Waals surface area (Å²) in [7, 11) is 0. The Morgan fingerprint density at radius 2 is 1.52 bits per heavy atom. The Morgan fingerprint density at radius 3 is 2.00 bits per heavy atom. The van der Waals surface area contributed by atoms with Crippen molar-refractivity contribution < 1.29 is 29.4 Å². The maximum atomic E-state index is 12.5. The van der Waals surface area contributed by atoms with Crippen LogP contribution in [-0.4, -0.2) is 58.6 Å². The van der Waals surface area contributed by atoms with Gasteiger partial charge < -0.3 is 32.3 Å². The zero-order valence-electron chi connectivity index (χ0n) is 15.9. The second kappa shape index (κ2) is 13.0. The molecule has 0 fully saturated rings. The van der Waals surface area contributed by atoms with Gasteiger partial charge in [0, 0.05) is 6.42 Å². The van der Waals surface area contributed by atoms with E-state index in [0.717, 1.165) is 0 Å². The second-order valence-electron chi connectivity index (χ2n) is 6.91. The molecule has 27 heavy (non-hydrogen) atoms. The molecule has 156 valence electrons. The van der Waals surface area contributed by atoms with Crippen LogP contribution < -0.4 is 22.1 Å². The Bertz CT molecular complexity index is 512. The molecule has 0 saturated carbocycles. The van der Waals surface area contributed by atoms with Crippen LogP contribution in [0, 0.1) is 5.92 Å². The van der Waals surface area contributed by atoms with E-state index in [1.807, 2.05) is 13.8 Å². The lowest BCUT2D eigenvalue weighted by atomic mass is 10.0. The SMILES string of the molecule is CC(C)C[C@H](NC(=O)[C@H](CCCCN)NC(=O)[C@@H](N)CCC(=O)O)C(=O)O. The van der Waals surface area contributed by atoms with Crippen LogP contribution in [0.5, 0.6) is 0 Å². The third kappa shape index (κ3) is 11.2. The van der Waals surface area contributed by atoms with E-state index in [1.54, 1.807) is 0 Å². The summed E-state index contributed by atoms with van der Waals surface area (Å²) in [5, 5.41) is 22.9. The summed E-state index contributed by atoms with van der Waals surface area (Å²) >= 11 is 0. The van der Waals surface area contributed by atoms with Gasteiger partial charge in [0.1, 0.15) is 12.1 Å². The first-order valence-corrected chi connectivity index (χ1v) is 9.09. The molecule has 0 aliphatic rings. The fraction of sp³-hybridized carbons (Fsp3) is 0.765. The van der Waals surface area contributed by atoms with Gasteiger partial charge in [-0.2, -0.15) is 0 Å². The largest absolute Gasteiger partial charge is 0.481 e. The molecule has 10 nitrogen and oxygen atoms in total. The molecule has 0 radical (unpaired) electrons. The summed E-state index contributed by atoms with van der Waals surface area (Å²) in [4.78, 5) is 46.6. The van der Waals surface area contributed by atoms with Crippen LogP contribution in [0.4, 0.5) is 0 Å². The van der Waals surface area contributed by atoms with Gasteiger partial charge in [0.15, 0.2) is 0 Å². The average Bonchev–Trinajstić information content (AvgIpc) is 2.57. The maximum Gasteiger partial charge on any atom is 0.326 e. The topological polar surface area (TPSA) is 185 Å². The first-order valence-electron chi connectivity index (χ1n) is 9.09. The van der Waals surface area contributed by atoms with E-state index in [0.29, 0.717) is 19.4 Å². The number of hydrogen-bond donors (Lipinski definition) is 6. The third-order valence-electron chi connectivity index (χ3n) is 3.91. The number of unbranched alkanes of at least 4 members (excludes halogenated alkanes) is 1. The third-order valence-corrected chi connectivity index (χ3v) is 3.91. The molecule has 0 aliphatic carbocycles. The zero-order valence-corrected chi connectivity index (χ0v) is 15.9. The average molecular weight is 388 g/mol. The van der Waals surface area contributed by atoms with Gasteiger partial charge in [0.2, 0.25) is 11.8 Å². The number of carboxylic acid groups (broad SMARTS) is 2. The Hall–Kier alpha value is -2.20. The number of rotatable bonds is 14. The summed E-state index contributed by atoms with van der Waals surface area (Å²) in [5.41, 5.74) is 11.1. The van der Waals surface area contributed by atoms with Crippen LogP contribution in [0.2, 0.25) is 0 Å². The number of nitrogens with one attached hydrogen (secondary N) is 2. The predicted molar refractivity (Wildman–Crippen MR) is 98.7 cm³/mol. The number of carbonyl (C=O) groups excluding carboxylic acids is 2. The molecule has 0 saturated heterocycles. The van der Waals surface area contributed by atoms with E-state index in [9.17, 15) is 24.3 Å². The van der Waals surface area contributed by atoms with Gasteiger partial charge in [-0.3, -0.25) is 14.4 Å². The van der Waals surface area contributed by atoms with Gasteiger partial charge in [-0.15, -0.1) is 0 Å². The molecular formula is C17H32N4O6. The normalized spacial score (nSPS) is 14.3. The minimum Gasteiger partial charge on any atom is -0.481 e. The smallest absolute Gasteiger partial charge is 0.326 e. The molecule has 0 aliphatic heterocycles. The zero-order chi connectivity index (χ0) is 21.0. The predicted octanol–water partition coefficient (Wildman–Crippen LogP) is -0.592. The molecule has 8 N–H and O–H groups in total. The number of nitrogens with two attached hydrogens (primary N) is 2. The summed E-state index contributed by atoms with van der Waals surface area (Å²) in [6.07, 6.45) is 1.38. The maximum absolute atomic E-state index is 12.5. The van der Waals surface area contributed by atoms with Gasteiger partial charge in [0.25, 0.3) is 0 Å². The van der Waals surface area contributed by atoms with Gasteiger partial charge in [-0.1, -0.05) is 13.8 Å². The lowest BCUT2D eigenvalue weighted by Gasteiger charge is -2.23. The highest BCUT2D eigenvalue weighted by Crippen LogP contribution is 2.08. The van der Waals surface area contributed by atoms with Crippen molar-refractivity contribution in [1.29, 1.82) is 0 Å². The fourth-order valence-corrected chi connectivity index (χ4v) is 2.42. The van der Waals surface area contributed by atoms with Crippen LogP contribution in [-0.2, 0) is 19.2 Å². The summed E-state index contributed by atoms with van der Waals surface area (Å²) in [6.45, 7) is 4.10. The number of aliphatic carboxylic acids is 2. The van der Waals surface area contributed by atoms with Crippen molar-refractivity contribution in [3.05, 3.63) is 0 Å². The molecule has 2 amide bonds. The molecule has 0 aromatic carbocycles. The van der Waals surface area contributed by atoms with Crippen molar-refractivity contribution in [1.82, 2.24) is 10.6 Å².